The first kappa shape index (κ1) is 9.56. The smallest absolute Gasteiger partial charge is 0.220 e. The van der Waals surface area contributed by atoms with E-state index < -0.39 is 0 Å². The van der Waals surface area contributed by atoms with Gasteiger partial charge in [-0.05, 0) is 24.7 Å². The number of amides is 1. The summed E-state index contributed by atoms with van der Waals surface area (Å²) in [5, 5.41) is 0. The van der Waals surface area contributed by atoms with E-state index in [4.69, 9.17) is 5.73 Å². The third-order valence-electron chi connectivity index (χ3n) is 3.10. The third kappa shape index (κ3) is 2.23. The van der Waals surface area contributed by atoms with Gasteiger partial charge in [-0.25, -0.2) is 0 Å². The van der Waals surface area contributed by atoms with Gasteiger partial charge in [-0.15, -0.1) is 0 Å². The molecule has 1 aliphatic carbocycles. The zero-order valence-electron chi connectivity index (χ0n) is 8.10. The van der Waals surface area contributed by atoms with E-state index in [1.165, 1.54) is 25.7 Å². The maximum Gasteiger partial charge on any atom is 0.220 e. The van der Waals surface area contributed by atoms with Gasteiger partial charge < -0.3 is 5.73 Å². The second kappa shape index (κ2) is 3.46. The summed E-state index contributed by atoms with van der Waals surface area (Å²) >= 11 is 0. The summed E-state index contributed by atoms with van der Waals surface area (Å²) in [5.74, 6) is -0.101. The lowest BCUT2D eigenvalue weighted by Crippen LogP contribution is -2.26. The highest BCUT2D eigenvalue weighted by molar-refractivity contribution is 5.76. The lowest BCUT2D eigenvalue weighted by molar-refractivity contribution is -0.122. The molecule has 1 aliphatic rings. The Morgan fingerprint density at radius 3 is 2.42 bits per heavy atom. The fraction of sp³-hybridized carbons (Fsp3) is 0.900. The number of hydrogen-bond donors (Lipinski definition) is 1. The van der Waals surface area contributed by atoms with Crippen molar-refractivity contribution in [2.45, 2.75) is 46.0 Å². The van der Waals surface area contributed by atoms with Gasteiger partial charge in [0, 0.05) is 5.92 Å². The lowest BCUT2D eigenvalue weighted by atomic mass is 9.80. The van der Waals surface area contributed by atoms with Crippen molar-refractivity contribution in [2.24, 2.45) is 17.1 Å². The van der Waals surface area contributed by atoms with Gasteiger partial charge >= 0.3 is 0 Å². The number of primary amides is 1. The molecule has 0 bridgehead atoms. The predicted molar refractivity (Wildman–Crippen MR) is 49.6 cm³/mol. The van der Waals surface area contributed by atoms with Gasteiger partial charge in [0.1, 0.15) is 0 Å². The predicted octanol–water partition coefficient (Wildman–Crippen LogP) is 2.08. The van der Waals surface area contributed by atoms with Gasteiger partial charge in [0.15, 0.2) is 0 Å². The van der Waals surface area contributed by atoms with Gasteiger partial charge in [-0.3, -0.25) is 4.79 Å². The van der Waals surface area contributed by atoms with Crippen LogP contribution in [0.5, 0.6) is 0 Å². The molecule has 0 heterocycles. The van der Waals surface area contributed by atoms with Crippen LogP contribution in [0.15, 0.2) is 0 Å². The summed E-state index contributed by atoms with van der Waals surface area (Å²) < 4.78 is 0. The Labute approximate surface area is 74.5 Å². The summed E-state index contributed by atoms with van der Waals surface area (Å²) in [6, 6.07) is 0. The summed E-state index contributed by atoms with van der Waals surface area (Å²) in [5.41, 5.74) is 5.63. The molecule has 2 N–H and O–H groups in total. The molecule has 1 rings (SSSR count). The van der Waals surface area contributed by atoms with E-state index in [0.29, 0.717) is 5.41 Å². The second-order valence-electron chi connectivity index (χ2n) is 4.53. The number of carbonyl (C=O) groups excluding carboxylic acids is 1. The topological polar surface area (TPSA) is 43.1 Å². The monoisotopic (exact) mass is 169 g/mol. The largest absolute Gasteiger partial charge is 0.369 e. The summed E-state index contributed by atoms with van der Waals surface area (Å²) in [7, 11) is 0. The fourth-order valence-corrected chi connectivity index (χ4v) is 2.27. The van der Waals surface area contributed by atoms with E-state index in [-0.39, 0.29) is 11.8 Å². The molecule has 0 saturated heterocycles. The standard InChI is InChI=1S/C10H19NO/c1-8(9(11)12)7-10(2)5-3-4-6-10/h8H,3-7H2,1-2H3,(H2,11,12)/t8-/m0/s1. The minimum atomic E-state index is -0.150. The van der Waals surface area contributed by atoms with Gasteiger partial charge in [-0.1, -0.05) is 26.7 Å². The third-order valence-corrected chi connectivity index (χ3v) is 3.10. The Morgan fingerprint density at radius 1 is 1.50 bits per heavy atom. The molecule has 0 aliphatic heterocycles. The van der Waals surface area contributed by atoms with Gasteiger partial charge in [0.2, 0.25) is 5.91 Å². The molecule has 0 aromatic rings. The summed E-state index contributed by atoms with van der Waals surface area (Å²) in [6.07, 6.45) is 6.15. The molecule has 0 aromatic heterocycles. The van der Waals surface area contributed by atoms with Crippen molar-refractivity contribution in [3.8, 4) is 0 Å². The zero-order chi connectivity index (χ0) is 9.19. The average Bonchev–Trinajstić information content (AvgIpc) is 2.35. The molecular weight excluding hydrogens is 150 g/mol. The maximum atomic E-state index is 10.9. The van der Waals surface area contributed by atoms with Crippen molar-refractivity contribution in [3.05, 3.63) is 0 Å². The quantitative estimate of drug-likeness (QED) is 0.690. The van der Waals surface area contributed by atoms with Gasteiger partial charge in [0.25, 0.3) is 0 Å². The number of nitrogens with two attached hydrogens (primary N) is 1. The van der Waals surface area contributed by atoms with E-state index >= 15 is 0 Å². The Bertz CT molecular complexity index is 171. The molecule has 70 valence electrons. The Balaban J connectivity index is 2.43. The SMILES string of the molecule is C[C@@H](CC1(C)CCCC1)C(N)=O. The van der Waals surface area contributed by atoms with Gasteiger partial charge in [-0.2, -0.15) is 0 Å². The normalized spacial score (nSPS) is 23.8. The first-order chi connectivity index (χ1) is 5.53. The zero-order valence-corrected chi connectivity index (χ0v) is 8.10. The number of rotatable bonds is 3. The Hall–Kier alpha value is -0.530. The van der Waals surface area contributed by atoms with E-state index in [2.05, 4.69) is 6.92 Å². The van der Waals surface area contributed by atoms with Crippen molar-refractivity contribution in [3.63, 3.8) is 0 Å². The first-order valence-corrected chi connectivity index (χ1v) is 4.83. The minimum absolute atomic E-state index is 0.0492. The highest BCUT2D eigenvalue weighted by Gasteiger charge is 2.31. The molecule has 0 spiro atoms. The maximum absolute atomic E-state index is 10.9. The molecule has 0 aromatic carbocycles. The molecule has 1 atom stereocenters. The Kier molecular flexibility index (Phi) is 2.76. The Morgan fingerprint density at radius 2 is 2.00 bits per heavy atom. The molecule has 12 heavy (non-hydrogen) atoms. The molecule has 1 amide bonds. The minimum Gasteiger partial charge on any atom is -0.369 e. The molecule has 2 heteroatoms. The van der Waals surface area contributed by atoms with Crippen LogP contribution >= 0.6 is 0 Å². The van der Waals surface area contributed by atoms with Crippen LogP contribution in [0.2, 0.25) is 0 Å². The van der Waals surface area contributed by atoms with Crippen molar-refractivity contribution in [1.29, 1.82) is 0 Å². The van der Waals surface area contributed by atoms with Crippen molar-refractivity contribution < 1.29 is 4.79 Å². The summed E-state index contributed by atoms with van der Waals surface area (Å²) in [6.45, 7) is 4.21. The fourth-order valence-electron chi connectivity index (χ4n) is 2.27. The summed E-state index contributed by atoms with van der Waals surface area (Å²) in [4.78, 5) is 10.9. The van der Waals surface area contributed by atoms with Crippen LogP contribution in [0.1, 0.15) is 46.0 Å². The van der Waals surface area contributed by atoms with Crippen molar-refractivity contribution in [1.82, 2.24) is 0 Å². The molecule has 1 fully saturated rings. The van der Waals surface area contributed by atoms with E-state index in [1.807, 2.05) is 6.92 Å². The van der Waals surface area contributed by atoms with Crippen molar-refractivity contribution >= 4 is 5.91 Å². The molecule has 1 saturated carbocycles. The molecule has 0 unspecified atom stereocenters. The van der Waals surface area contributed by atoms with Crippen LogP contribution in [0.4, 0.5) is 0 Å². The molecule has 2 nitrogen and oxygen atoms in total. The van der Waals surface area contributed by atoms with Crippen LogP contribution in [-0.4, -0.2) is 5.91 Å². The van der Waals surface area contributed by atoms with Gasteiger partial charge in [0.05, 0.1) is 0 Å². The van der Waals surface area contributed by atoms with E-state index in [9.17, 15) is 4.79 Å². The van der Waals surface area contributed by atoms with E-state index in [0.717, 1.165) is 6.42 Å². The van der Waals surface area contributed by atoms with Crippen LogP contribution in [-0.2, 0) is 4.79 Å². The lowest BCUT2D eigenvalue weighted by Gasteiger charge is -2.25. The van der Waals surface area contributed by atoms with Crippen LogP contribution in [0.3, 0.4) is 0 Å². The second-order valence-corrected chi connectivity index (χ2v) is 4.53. The first-order valence-electron chi connectivity index (χ1n) is 4.83. The van der Waals surface area contributed by atoms with Crippen LogP contribution < -0.4 is 5.73 Å². The average molecular weight is 169 g/mol. The molecule has 0 radical (unpaired) electrons. The van der Waals surface area contributed by atoms with E-state index in [1.54, 1.807) is 0 Å². The highest BCUT2D eigenvalue weighted by atomic mass is 16.1. The van der Waals surface area contributed by atoms with Crippen LogP contribution in [0.25, 0.3) is 0 Å². The highest BCUT2D eigenvalue weighted by Crippen LogP contribution is 2.42. The van der Waals surface area contributed by atoms with Crippen molar-refractivity contribution in [2.75, 3.05) is 0 Å². The molecular formula is C10H19NO. The number of carbonyl (C=O) groups is 1. The van der Waals surface area contributed by atoms with Crippen LogP contribution in [0, 0.1) is 11.3 Å². The number of hydrogen-bond acceptors (Lipinski definition) is 1.